The number of hydrogen-bond acceptors (Lipinski definition) is 1. The largest absolute Gasteiger partial charge is 0.240 e. The number of halogens is 1. The molecule has 2 nitrogen and oxygen atoms in total. The molecular formula is C18H19BrN2. The van der Waals surface area contributed by atoms with Crippen molar-refractivity contribution in [3.63, 3.8) is 0 Å². The van der Waals surface area contributed by atoms with Gasteiger partial charge >= 0.3 is 0 Å². The van der Waals surface area contributed by atoms with Crippen LogP contribution >= 0.6 is 15.9 Å². The lowest BCUT2D eigenvalue weighted by Gasteiger charge is -1.98. The van der Waals surface area contributed by atoms with Crippen molar-refractivity contribution in [2.45, 2.75) is 20.8 Å². The number of rotatable bonds is 2. The summed E-state index contributed by atoms with van der Waals surface area (Å²) in [6.45, 7) is 6.02. The van der Waals surface area contributed by atoms with E-state index in [4.69, 9.17) is 0 Å². The summed E-state index contributed by atoms with van der Waals surface area (Å²) in [5.74, 6) is 0. The van der Waals surface area contributed by atoms with Crippen LogP contribution in [-0.4, -0.2) is 9.61 Å². The summed E-state index contributed by atoms with van der Waals surface area (Å²) in [6, 6.07) is 14.4. The van der Waals surface area contributed by atoms with E-state index >= 15 is 0 Å². The number of pyridine rings is 1. The van der Waals surface area contributed by atoms with Crippen molar-refractivity contribution < 1.29 is 0 Å². The van der Waals surface area contributed by atoms with Crippen LogP contribution in [-0.2, 0) is 0 Å². The second-order valence-electron chi connectivity index (χ2n) is 4.30. The van der Waals surface area contributed by atoms with Crippen LogP contribution in [0.3, 0.4) is 0 Å². The Labute approximate surface area is 134 Å². The van der Waals surface area contributed by atoms with Gasteiger partial charge in [0.1, 0.15) is 5.69 Å². The molecule has 0 fully saturated rings. The lowest BCUT2D eigenvalue weighted by Crippen LogP contribution is -1.85. The molecule has 0 N–H and O–H groups in total. The summed E-state index contributed by atoms with van der Waals surface area (Å²) >= 11 is 3.52. The summed E-state index contributed by atoms with van der Waals surface area (Å²) in [5, 5.41) is 4.69. The molecule has 0 aliphatic heterocycles. The molecule has 21 heavy (non-hydrogen) atoms. The van der Waals surface area contributed by atoms with Crippen LogP contribution in [0.4, 0.5) is 0 Å². The molecule has 1 aromatic carbocycles. The summed E-state index contributed by atoms with van der Waals surface area (Å²) in [4.78, 5) is 0. The van der Waals surface area contributed by atoms with Crippen molar-refractivity contribution in [1.29, 1.82) is 0 Å². The fourth-order valence-electron chi connectivity index (χ4n) is 2.18. The van der Waals surface area contributed by atoms with Crippen LogP contribution in [0.1, 0.15) is 26.3 Å². The average Bonchev–Trinajstić information content (AvgIpc) is 2.89. The van der Waals surface area contributed by atoms with Gasteiger partial charge in [0, 0.05) is 21.8 Å². The van der Waals surface area contributed by atoms with E-state index in [1.807, 2.05) is 61.8 Å². The van der Waals surface area contributed by atoms with Gasteiger partial charge in [-0.3, -0.25) is 0 Å². The monoisotopic (exact) mass is 342 g/mol. The molecule has 0 radical (unpaired) electrons. The summed E-state index contributed by atoms with van der Waals surface area (Å²) in [6.07, 6.45) is 6.13. The van der Waals surface area contributed by atoms with E-state index in [1.165, 1.54) is 0 Å². The highest BCUT2D eigenvalue weighted by Gasteiger charge is 2.11. The minimum atomic E-state index is 1.01. The van der Waals surface area contributed by atoms with Gasteiger partial charge in [0.2, 0.25) is 0 Å². The Balaban J connectivity index is 0.000000774. The van der Waals surface area contributed by atoms with Crippen LogP contribution in [0.2, 0.25) is 0 Å². The third-order valence-corrected chi connectivity index (χ3v) is 3.51. The van der Waals surface area contributed by atoms with Crippen LogP contribution in [0.15, 0.2) is 59.2 Å². The number of benzene rings is 1. The molecule has 0 bridgehead atoms. The van der Waals surface area contributed by atoms with Gasteiger partial charge in [0.25, 0.3) is 0 Å². The molecule has 0 amide bonds. The molecule has 0 saturated carbocycles. The smallest absolute Gasteiger partial charge is 0.101 e. The Morgan fingerprint density at radius 1 is 1.10 bits per heavy atom. The third-order valence-electron chi connectivity index (χ3n) is 3.02. The first-order chi connectivity index (χ1) is 10.3. The molecule has 0 aliphatic carbocycles. The summed E-state index contributed by atoms with van der Waals surface area (Å²) in [7, 11) is 0. The van der Waals surface area contributed by atoms with Crippen molar-refractivity contribution in [1.82, 2.24) is 9.61 Å². The molecule has 2 aromatic heterocycles. The predicted molar refractivity (Wildman–Crippen MR) is 94.4 cm³/mol. The lowest BCUT2D eigenvalue weighted by atomic mass is 10.1. The molecule has 3 heteroatoms. The van der Waals surface area contributed by atoms with Gasteiger partial charge in [0.05, 0.1) is 5.52 Å². The van der Waals surface area contributed by atoms with Gasteiger partial charge in [0.15, 0.2) is 0 Å². The SMILES string of the molecule is C/C=C/c1c(-c2ccccc2)nn2ccc(Br)cc12.CC. The highest BCUT2D eigenvalue weighted by molar-refractivity contribution is 9.10. The van der Waals surface area contributed by atoms with Gasteiger partial charge in [-0.15, -0.1) is 0 Å². The zero-order valence-electron chi connectivity index (χ0n) is 12.5. The van der Waals surface area contributed by atoms with Gasteiger partial charge in [-0.05, 0) is 19.1 Å². The number of aromatic nitrogens is 2. The molecule has 0 saturated heterocycles. The fourth-order valence-corrected chi connectivity index (χ4v) is 2.51. The van der Waals surface area contributed by atoms with Crippen molar-refractivity contribution in [3.05, 3.63) is 64.8 Å². The standard InChI is InChI=1S/C16H13BrN2.C2H6/c1-2-6-14-15-11-13(17)9-10-19(15)18-16(14)12-7-4-3-5-8-12;1-2/h2-11H,1H3;1-2H3/b6-2+;. The van der Waals surface area contributed by atoms with E-state index in [0.29, 0.717) is 0 Å². The van der Waals surface area contributed by atoms with E-state index in [2.05, 4.69) is 45.3 Å². The highest BCUT2D eigenvalue weighted by atomic mass is 79.9. The van der Waals surface area contributed by atoms with Crippen LogP contribution in [0.25, 0.3) is 22.9 Å². The number of nitrogens with zero attached hydrogens (tertiary/aromatic N) is 2. The molecule has 2 heterocycles. The molecule has 108 valence electrons. The lowest BCUT2D eigenvalue weighted by molar-refractivity contribution is 0.964. The molecule has 0 aliphatic rings. The normalized spacial score (nSPS) is 10.7. The summed E-state index contributed by atoms with van der Waals surface area (Å²) in [5.41, 5.74) is 4.40. The third kappa shape index (κ3) is 3.24. The number of hydrogen-bond donors (Lipinski definition) is 0. The fraction of sp³-hybridized carbons (Fsp3) is 0.167. The van der Waals surface area contributed by atoms with Crippen molar-refractivity contribution >= 4 is 27.5 Å². The maximum Gasteiger partial charge on any atom is 0.101 e. The Morgan fingerprint density at radius 2 is 1.81 bits per heavy atom. The molecule has 0 spiro atoms. The second-order valence-corrected chi connectivity index (χ2v) is 5.22. The van der Waals surface area contributed by atoms with Gasteiger partial charge in [-0.1, -0.05) is 72.3 Å². The minimum Gasteiger partial charge on any atom is -0.240 e. The molecular weight excluding hydrogens is 324 g/mol. The van der Waals surface area contributed by atoms with Crippen molar-refractivity contribution in [2.24, 2.45) is 0 Å². The predicted octanol–water partition coefficient (Wildman–Crippen LogP) is 5.82. The first kappa shape index (κ1) is 15.5. The van der Waals surface area contributed by atoms with Gasteiger partial charge < -0.3 is 0 Å². The molecule has 0 unspecified atom stereocenters. The quantitative estimate of drug-likeness (QED) is 0.573. The Morgan fingerprint density at radius 3 is 2.48 bits per heavy atom. The first-order valence-electron chi connectivity index (χ1n) is 7.15. The molecule has 3 aromatic rings. The maximum atomic E-state index is 4.69. The van der Waals surface area contributed by atoms with Gasteiger partial charge in [-0.2, -0.15) is 5.10 Å². The number of allylic oxidation sites excluding steroid dienone is 1. The second kappa shape index (κ2) is 7.23. The Bertz CT molecular complexity index is 743. The Hall–Kier alpha value is -1.87. The molecule has 0 atom stereocenters. The number of fused-ring (bicyclic) bond motifs is 1. The van der Waals surface area contributed by atoms with Crippen LogP contribution in [0.5, 0.6) is 0 Å². The summed E-state index contributed by atoms with van der Waals surface area (Å²) < 4.78 is 2.98. The van der Waals surface area contributed by atoms with Gasteiger partial charge in [-0.25, -0.2) is 4.52 Å². The Kier molecular flexibility index (Phi) is 5.34. The maximum absolute atomic E-state index is 4.69. The molecule has 3 rings (SSSR count). The van der Waals surface area contributed by atoms with E-state index in [1.54, 1.807) is 0 Å². The zero-order valence-corrected chi connectivity index (χ0v) is 14.1. The van der Waals surface area contributed by atoms with E-state index in [-0.39, 0.29) is 0 Å². The van der Waals surface area contributed by atoms with E-state index in [9.17, 15) is 0 Å². The zero-order chi connectivity index (χ0) is 15.2. The minimum absolute atomic E-state index is 1.01. The van der Waals surface area contributed by atoms with E-state index < -0.39 is 0 Å². The highest BCUT2D eigenvalue weighted by Crippen LogP contribution is 2.28. The van der Waals surface area contributed by atoms with Crippen LogP contribution < -0.4 is 0 Å². The topological polar surface area (TPSA) is 17.3 Å². The van der Waals surface area contributed by atoms with Crippen molar-refractivity contribution in [3.8, 4) is 11.3 Å². The van der Waals surface area contributed by atoms with E-state index in [0.717, 1.165) is 26.8 Å². The average molecular weight is 343 g/mol. The van der Waals surface area contributed by atoms with Crippen LogP contribution in [0, 0.1) is 0 Å². The van der Waals surface area contributed by atoms with Crippen molar-refractivity contribution in [2.75, 3.05) is 0 Å². The first-order valence-corrected chi connectivity index (χ1v) is 7.95.